The predicted octanol–water partition coefficient (Wildman–Crippen LogP) is 0.941. The Morgan fingerprint density at radius 1 is 1.70 bits per heavy atom. The highest BCUT2D eigenvalue weighted by molar-refractivity contribution is 6.69. The van der Waals surface area contributed by atoms with E-state index in [1.165, 1.54) is 0 Å². The van der Waals surface area contributed by atoms with Gasteiger partial charge in [0, 0.05) is 18.0 Å². The lowest BCUT2D eigenvalue weighted by Crippen LogP contribution is -1.95. The van der Waals surface area contributed by atoms with Crippen LogP contribution in [0.5, 0.6) is 0 Å². The summed E-state index contributed by atoms with van der Waals surface area (Å²) < 4.78 is 0. The zero-order valence-corrected chi connectivity index (χ0v) is 5.92. The lowest BCUT2D eigenvalue weighted by Gasteiger charge is -1.92. The smallest absolute Gasteiger partial charge is 0.157 e. The molecule has 1 aromatic heterocycles. The molecule has 0 atom stereocenters. The van der Waals surface area contributed by atoms with E-state index in [1.54, 1.807) is 24.5 Å². The standard InChI is InChI=1S/C6H6ClN3/c7-6(10-8)5-2-1-3-9-4-5/h1-4H,8H2. The van der Waals surface area contributed by atoms with Crippen LogP contribution in [-0.4, -0.2) is 10.2 Å². The highest BCUT2D eigenvalue weighted by Gasteiger charge is 1.95. The Morgan fingerprint density at radius 2 is 2.50 bits per heavy atom. The van der Waals surface area contributed by atoms with E-state index in [0.29, 0.717) is 0 Å². The lowest BCUT2D eigenvalue weighted by atomic mass is 10.3. The molecule has 0 amide bonds. The third-order valence-corrected chi connectivity index (χ3v) is 1.33. The van der Waals surface area contributed by atoms with Crippen LogP contribution in [0, 0.1) is 0 Å². The van der Waals surface area contributed by atoms with Crippen molar-refractivity contribution in [3.05, 3.63) is 30.1 Å². The van der Waals surface area contributed by atoms with Crippen molar-refractivity contribution in [1.29, 1.82) is 0 Å². The molecule has 10 heavy (non-hydrogen) atoms. The van der Waals surface area contributed by atoms with Gasteiger partial charge < -0.3 is 5.84 Å². The van der Waals surface area contributed by atoms with Crippen molar-refractivity contribution in [2.24, 2.45) is 10.9 Å². The molecule has 0 bridgehead atoms. The first-order chi connectivity index (χ1) is 4.84. The van der Waals surface area contributed by atoms with E-state index in [2.05, 4.69) is 10.1 Å². The van der Waals surface area contributed by atoms with Crippen molar-refractivity contribution in [2.75, 3.05) is 0 Å². The van der Waals surface area contributed by atoms with E-state index in [1.807, 2.05) is 0 Å². The molecule has 0 aromatic carbocycles. The number of nitrogens with zero attached hydrogens (tertiary/aromatic N) is 2. The van der Waals surface area contributed by atoms with Gasteiger partial charge in [-0.3, -0.25) is 4.98 Å². The normalized spacial score (nSPS) is 11.5. The molecule has 1 rings (SSSR count). The number of halogens is 1. The summed E-state index contributed by atoms with van der Waals surface area (Å²) in [5, 5.41) is 3.57. The number of rotatable bonds is 1. The minimum atomic E-state index is 0.271. The molecule has 0 radical (unpaired) electrons. The van der Waals surface area contributed by atoms with Gasteiger partial charge in [0.05, 0.1) is 0 Å². The number of hydrogen-bond donors (Lipinski definition) is 1. The molecular formula is C6H6ClN3. The fourth-order valence-corrected chi connectivity index (χ4v) is 0.671. The highest BCUT2D eigenvalue weighted by Crippen LogP contribution is 2.00. The Kier molecular flexibility index (Phi) is 2.23. The summed E-state index contributed by atoms with van der Waals surface area (Å²) in [5.41, 5.74) is 0.728. The van der Waals surface area contributed by atoms with Crippen LogP contribution in [0.3, 0.4) is 0 Å². The zero-order chi connectivity index (χ0) is 7.40. The Bertz CT molecular complexity index is 232. The number of hydrazone groups is 1. The molecule has 0 aliphatic heterocycles. The van der Waals surface area contributed by atoms with Gasteiger partial charge in [-0.05, 0) is 12.1 Å². The highest BCUT2D eigenvalue weighted by atomic mass is 35.5. The zero-order valence-electron chi connectivity index (χ0n) is 5.16. The first-order valence-electron chi connectivity index (χ1n) is 2.68. The van der Waals surface area contributed by atoms with Crippen molar-refractivity contribution >= 4 is 16.8 Å². The molecule has 3 nitrogen and oxygen atoms in total. The molecule has 0 fully saturated rings. The van der Waals surface area contributed by atoms with Gasteiger partial charge in [-0.1, -0.05) is 11.6 Å². The van der Waals surface area contributed by atoms with E-state index in [-0.39, 0.29) is 5.17 Å². The van der Waals surface area contributed by atoms with Crippen LogP contribution >= 0.6 is 11.6 Å². The number of nitrogens with two attached hydrogens (primary N) is 1. The molecule has 0 aliphatic rings. The first-order valence-corrected chi connectivity index (χ1v) is 3.06. The van der Waals surface area contributed by atoms with Crippen molar-refractivity contribution in [3.8, 4) is 0 Å². The van der Waals surface area contributed by atoms with E-state index < -0.39 is 0 Å². The SMILES string of the molecule is NN=C(Cl)c1cccnc1. The van der Waals surface area contributed by atoms with Gasteiger partial charge in [-0.15, -0.1) is 0 Å². The minimum absolute atomic E-state index is 0.271. The molecule has 4 heteroatoms. The number of hydrogen-bond acceptors (Lipinski definition) is 3. The summed E-state index contributed by atoms with van der Waals surface area (Å²) in [7, 11) is 0. The lowest BCUT2D eigenvalue weighted by molar-refractivity contribution is 1.25. The van der Waals surface area contributed by atoms with Gasteiger partial charge in [-0.2, -0.15) is 5.10 Å². The first kappa shape index (κ1) is 7.02. The molecule has 0 saturated heterocycles. The maximum absolute atomic E-state index is 5.58. The summed E-state index contributed by atoms with van der Waals surface area (Å²) in [6.45, 7) is 0. The summed E-state index contributed by atoms with van der Waals surface area (Å²) in [5.74, 6) is 4.93. The third kappa shape index (κ3) is 1.45. The number of aromatic nitrogens is 1. The second-order valence-corrected chi connectivity index (χ2v) is 2.02. The molecule has 1 aromatic rings. The third-order valence-electron chi connectivity index (χ3n) is 1.01. The molecule has 0 unspecified atom stereocenters. The predicted molar refractivity (Wildman–Crippen MR) is 40.8 cm³/mol. The largest absolute Gasteiger partial charge is 0.322 e. The summed E-state index contributed by atoms with van der Waals surface area (Å²) >= 11 is 5.58. The van der Waals surface area contributed by atoms with Gasteiger partial charge in [0.15, 0.2) is 5.17 Å². The summed E-state index contributed by atoms with van der Waals surface area (Å²) in [6, 6.07) is 3.55. The Labute approximate surface area is 63.5 Å². The van der Waals surface area contributed by atoms with Crippen molar-refractivity contribution in [1.82, 2.24) is 4.98 Å². The van der Waals surface area contributed by atoms with Gasteiger partial charge in [0.25, 0.3) is 0 Å². The summed E-state index contributed by atoms with van der Waals surface area (Å²) in [4.78, 5) is 3.83. The topological polar surface area (TPSA) is 51.3 Å². The van der Waals surface area contributed by atoms with Gasteiger partial charge in [0.1, 0.15) is 0 Å². The van der Waals surface area contributed by atoms with Crippen LogP contribution in [0.15, 0.2) is 29.6 Å². The van der Waals surface area contributed by atoms with Crippen LogP contribution in [0.1, 0.15) is 5.56 Å². The van der Waals surface area contributed by atoms with Crippen LogP contribution in [0.2, 0.25) is 0 Å². The average molecular weight is 156 g/mol. The van der Waals surface area contributed by atoms with E-state index >= 15 is 0 Å². The van der Waals surface area contributed by atoms with E-state index in [9.17, 15) is 0 Å². The van der Waals surface area contributed by atoms with E-state index in [4.69, 9.17) is 17.4 Å². The Hall–Kier alpha value is -1.09. The van der Waals surface area contributed by atoms with Crippen molar-refractivity contribution in [2.45, 2.75) is 0 Å². The molecule has 0 saturated carbocycles. The van der Waals surface area contributed by atoms with Gasteiger partial charge in [0.2, 0.25) is 0 Å². The van der Waals surface area contributed by atoms with Crippen LogP contribution < -0.4 is 5.84 Å². The maximum atomic E-state index is 5.58. The van der Waals surface area contributed by atoms with Crippen molar-refractivity contribution < 1.29 is 0 Å². The molecular weight excluding hydrogens is 150 g/mol. The van der Waals surface area contributed by atoms with Crippen LogP contribution in [0.4, 0.5) is 0 Å². The fourth-order valence-electron chi connectivity index (χ4n) is 0.559. The van der Waals surface area contributed by atoms with Crippen LogP contribution in [0.25, 0.3) is 0 Å². The molecule has 1 heterocycles. The summed E-state index contributed by atoms with van der Waals surface area (Å²) in [6.07, 6.45) is 3.25. The van der Waals surface area contributed by atoms with Gasteiger partial charge in [-0.25, -0.2) is 0 Å². The second kappa shape index (κ2) is 3.17. The number of pyridine rings is 1. The monoisotopic (exact) mass is 155 g/mol. The average Bonchev–Trinajstić information content (AvgIpc) is 2.05. The van der Waals surface area contributed by atoms with E-state index in [0.717, 1.165) is 5.56 Å². The minimum Gasteiger partial charge on any atom is -0.322 e. The second-order valence-electron chi connectivity index (χ2n) is 1.66. The molecule has 2 N–H and O–H groups in total. The quantitative estimate of drug-likeness (QED) is 0.373. The fraction of sp³-hybridized carbons (Fsp3) is 0. The van der Waals surface area contributed by atoms with Gasteiger partial charge >= 0.3 is 0 Å². The molecule has 52 valence electrons. The maximum Gasteiger partial charge on any atom is 0.157 e. The van der Waals surface area contributed by atoms with Crippen molar-refractivity contribution in [3.63, 3.8) is 0 Å². The van der Waals surface area contributed by atoms with Crippen LogP contribution in [-0.2, 0) is 0 Å². The molecule has 0 spiro atoms. The molecule has 0 aliphatic carbocycles. The Balaban J connectivity index is 2.96. The Morgan fingerprint density at radius 3 is 3.00 bits per heavy atom.